The molecule has 11 nitrogen and oxygen atoms in total. The molecule has 0 spiro atoms. The van der Waals surface area contributed by atoms with E-state index in [4.69, 9.17) is 50.4 Å². The number of carbonyl (C=O) groups is 4. The third kappa shape index (κ3) is 352. The Bertz CT molecular complexity index is 245. The first kappa shape index (κ1) is 57.8. The van der Waals surface area contributed by atoms with E-state index in [1.165, 1.54) is 0 Å². The molecule has 27 heavy (non-hydrogen) atoms. The molecule has 0 unspecified atom stereocenters. The zero-order valence-corrected chi connectivity index (χ0v) is 30.1. The van der Waals surface area contributed by atoms with Gasteiger partial charge in [-0.3, -0.25) is 0 Å². The van der Waals surface area contributed by atoms with E-state index in [1.54, 1.807) is 0 Å². The van der Waals surface area contributed by atoms with Crippen molar-refractivity contribution < 1.29 is 250 Å². The summed E-state index contributed by atoms with van der Waals surface area (Å²) in [6.07, 6.45) is 0. The molecule has 0 aromatic rings. The van der Waals surface area contributed by atoms with Gasteiger partial charge in [0.2, 0.25) is 0 Å². The topological polar surface area (TPSA) is 219 Å². The minimum atomic E-state index is -1.08. The number of aliphatic hydroxyl groups excluding tert-OH is 1. The first-order chi connectivity index (χ1) is 10.3. The van der Waals surface area contributed by atoms with E-state index in [-0.39, 0.29) is 212 Å². The van der Waals surface area contributed by atoms with E-state index in [9.17, 15) is 0 Å². The Balaban J connectivity index is -0.0000000211. The third-order valence-corrected chi connectivity index (χ3v) is 0.610. The Hall–Kier alpha value is 4.31. The first-order valence-corrected chi connectivity index (χ1v) is 6.06. The second kappa shape index (κ2) is 57.3. The average Bonchev–Trinajstić information content (AvgIpc) is 2.26. The number of nitrogens with two attached hydrogens (primary N) is 1. The maximum Gasteiger partial charge on any atom is 1.00 e. The van der Waals surface area contributed by atoms with E-state index in [0.29, 0.717) is 13.1 Å². The molecule has 4 N–H and O–H groups in total. The largest absolute Gasteiger partial charge is 1.00 e. The number of aliphatic carboxylic acids is 4. The van der Waals surface area contributed by atoms with Crippen LogP contribution in [0.5, 0.6) is 0 Å². The summed E-state index contributed by atoms with van der Waals surface area (Å²) < 4.78 is 0. The van der Waals surface area contributed by atoms with E-state index in [0.717, 1.165) is 34.2 Å². The van der Waals surface area contributed by atoms with Crippen LogP contribution in [0.1, 0.15) is 27.7 Å². The molecular weight excluding hydrogens is 473 g/mol. The number of aliphatic hydroxyl groups is 1. The summed E-state index contributed by atoms with van der Waals surface area (Å²) in [5, 5.41) is 46.7. The summed E-state index contributed by atoms with van der Waals surface area (Å²) in [6.45, 7) is 6.16. The molecule has 0 bridgehead atoms. The fourth-order valence-electron chi connectivity index (χ4n) is 0.306. The molecule has 0 amide bonds. The zero-order chi connectivity index (χ0) is 19.8. The molecule has 15 heteroatoms. The van der Waals surface area contributed by atoms with E-state index in [2.05, 4.69) is 5.32 Å². The maximum absolute atomic E-state index is 8.89. The zero-order valence-electron chi connectivity index (χ0n) is 17.6. The van der Waals surface area contributed by atoms with Crippen LogP contribution in [0.25, 0.3) is 0 Å². The van der Waals surface area contributed by atoms with Gasteiger partial charge < -0.3 is 55.8 Å². The van der Waals surface area contributed by atoms with Gasteiger partial charge in [-0.15, -0.1) is 0 Å². The summed E-state index contributed by atoms with van der Waals surface area (Å²) in [7, 11) is 0. The van der Waals surface area contributed by atoms with Crippen molar-refractivity contribution in [2.75, 3.05) is 26.2 Å². The number of carboxylic acids is 4. The van der Waals surface area contributed by atoms with Crippen molar-refractivity contribution in [2.45, 2.75) is 27.7 Å². The van der Waals surface area contributed by atoms with Gasteiger partial charge in [0.1, 0.15) is 0 Å². The van der Waals surface area contributed by atoms with Gasteiger partial charge in [0.15, 0.2) is 0 Å². The molecule has 0 saturated heterocycles. The Kier molecular flexibility index (Phi) is 123. The summed E-state index contributed by atoms with van der Waals surface area (Å²) >= 11 is 0. The van der Waals surface area contributed by atoms with Crippen LogP contribution in [0.3, 0.4) is 0 Å². The van der Waals surface area contributed by atoms with E-state index >= 15 is 0 Å². The number of hydrogen-bond donors (Lipinski definition) is 3. The van der Waals surface area contributed by atoms with E-state index < -0.39 is 23.9 Å². The third-order valence-electron chi connectivity index (χ3n) is 0.610. The Morgan fingerprint density at radius 3 is 1.00 bits per heavy atom. The average molecular weight is 497 g/mol. The number of nitrogens with one attached hydrogen (secondary N) is 1. The van der Waals surface area contributed by atoms with Gasteiger partial charge in [-0.2, -0.15) is 0 Å². The second-order valence-corrected chi connectivity index (χ2v) is 3.23. The van der Waals surface area contributed by atoms with Gasteiger partial charge in [0, 0.05) is 43.5 Å². The summed E-state index contributed by atoms with van der Waals surface area (Å²) in [5.74, 6) is -4.33. The number of rotatable bonds is 4. The monoisotopic (exact) mass is 496 g/mol. The summed E-state index contributed by atoms with van der Waals surface area (Å²) in [5.41, 5.74) is 5.13. The molecule has 0 fully saturated rings. The van der Waals surface area contributed by atoms with Gasteiger partial charge in [0.25, 0.3) is 0 Å². The minimum Gasteiger partial charge on any atom is -0.550 e. The molecule has 0 aromatic carbocycles. The fraction of sp³-hybridized carbons (Fsp3) is 0.667. The van der Waals surface area contributed by atoms with Crippen LogP contribution in [0.15, 0.2) is 0 Å². The maximum atomic E-state index is 8.89. The van der Waals surface area contributed by atoms with Crippen molar-refractivity contribution in [1.29, 1.82) is 0 Å². The van der Waals surface area contributed by atoms with Crippen molar-refractivity contribution in [1.82, 2.24) is 5.32 Å². The molecule has 0 aromatic heterocycles. The predicted molar refractivity (Wildman–Crippen MR) is 71.7 cm³/mol. The normalized spacial score (nSPS) is 6.15. The van der Waals surface area contributed by atoms with Crippen molar-refractivity contribution in [2.24, 2.45) is 5.73 Å². The fourth-order valence-corrected chi connectivity index (χ4v) is 0.306. The van der Waals surface area contributed by atoms with Gasteiger partial charge >= 0.3 is 206 Å². The molecule has 0 aliphatic heterocycles. The van der Waals surface area contributed by atoms with Crippen LogP contribution >= 0.6 is 0 Å². The van der Waals surface area contributed by atoms with Crippen LogP contribution in [0.2, 0.25) is 0 Å². The predicted octanol–water partition coefficient (Wildman–Crippen LogP) is -18.4. The van der Waals surface area contributed by atoms with Gasteiger partial charge in [-0.05, 0) is 27.7 Å². The molecule has 0 heterocycles. The van der Waals surface area contributed by atoms with Crippen molar-refractivity contribution in [3.63, 3.8) is 0 Å². The number of hydrogen-bond acceptors (Lipinski definition) is 11. The van der Waals surface area contributed by atoms with E-state index in [1.807, 2.05) is 0 Å². The van der Waals surface area contributed by atoms with Crippen LogP contribution in [0.4, 0.5) is 0 Å². The van der Waals surface area contributed by atoms with Crippen LogP contribution in [-0.4, -0.2) is 55.2 Å². The van der Waals surface area contributed by atoms with Gasteiger partial charge in [-0.25, -0.2) is 0 Å². The summed E-state index contributed by atoms with van der Waals surface area (Å²) in [4.78, 5) is 35.6. The molecule has 0 aliphatic carbocycles. The molecule has 140 valence electrons. The summed E-state index contributed by atoms with van der Waals surface area (Å²) in [6, 6.07) is 0. The van der Waals surface area contributed by atoms with Crippen LogP contribution in [0, 0.1) is 0 Å². The molecule has 0 aliphatic rings. The second-order valence-electron chi connectivity index (χ2n) is 3.23. The van der Waals surface area contributed by atoms with Crippen LogP contribution < -0.4 is 237 Å². The molecular formula is C12H24K4N2O9. The number of carbonyl (C=O) groups excluding carboxylic acids is 4. The molecule has 0 atom stereocenters. The molecule has 0 saturated carbocycles. The van der Waals surface area contributed by atoms with Gasteiger partial charge in [-0.1, -0.05) is 0 Å². The SMILES string of the molecule is CC(=O)[O-].CC(=O)[O-].CC(=O)[O-].CC(=O)[O-].NCCNCCO.[K+].[K+].[K+].[K+]. The smallest absolute Gasteiger partial charge is 0.550 e. The van der Waals surface area contributed by atoms with Gasteiger partial charge in [0.05, 0.1) is 6.61 Å². The Morgan fingerprint density at radius 1 is 0.704 bits per heavy atom. The first-order valence-electron chi connectivity index (χ1n) is 6.06. The molecule has 0 rings (SSSR count). The Labute approximate surface area is 330 Å². The molecule has 0 radical (unpaired) electrons. The van der Waals surface area contributed by atoms with Crippen molar-refractivity contribution in [3.8, 4) is 0 Å². The Morgan fingerprint density at radius 2 is 0.889 bits per heavy atom. The van der Waals surface area contributed by atoms with Crippen molar-refractivity contribution >= 4 is 23.9 Å². The quantitative estimate of drug-likeness (QED) is 0.245. The standard InChI is InChI=1S/C4H12N2O.4C2H4O2.4K/c5-1-2-6-3-4-7;4*1-2(3)4;;;;/h6-7H,1-5H2;4*1H3,(H,3,4);;;;/q;;;;;4*+1/p-4. The van der Waals surface area contributed by atoms with Crippen LogP contribution in [-0.2, 0) is 19.2 Å². The van der Waals surface area contributed by atoms with Crippen molar-refractivity contribution in [3.05, 3.63) is 0 Å². The minimum absolute atomic E-state index is 0. The number of carboxylic acid groups (broad SMARTS) is 4.